The van der Waals surface area contributed by atoms with Crippen molar-refractivity contribution >= 4 is 16.9 Å². The van der Waals surface area contributed by atoms with Crippen LogP contribution in [-0.4, -0.2) is 29.1 Å². The van der Waals surface area contributed by atoms with Gasteiger partial charge >= 0.3 is 0 Å². The molecule has 1 aromatic rings. The molecular formula is C20H31NOS. The molecule has 1 aliphatic rings. The second kappa shape index (κ2) is 9.48. The standard InChI is InChI=1S/C20H31NOS/c1-4-8-20(22)23-19-10-7-9-16-11-12-17(15-18(16)19)21(13-5-2)14-6-3/h7,9-10,17H,4-6,8,11-15H2,1-3H3/t17-/m1/s1. The first-order valence-electron chi connectivity index (χ1n) is 9.25. The topological polar surface area (TPSA) is 20.3 Å². The summed E-state index contributed by atoms with van der Waals surface area (Å²) in [4.78, 5) is 15.9. The normalized spacial score (nSPS) is 17.3. The lowest BCUT2D eigenvalue weighted by Crippen LogP contribution is -2.40. The minimum absolute atomic E-state index is 0.307. The number of carbonyl (C=O) groups is 1. The summed E-state index contributed by atoms with van der Waals surface area (Å²) in [6.45, 7) is 8.99. The maximum Gasteiger partial charge on any atom is 0.193 e. The van der Waals surface area contributed by atoms with Crippen LogP contribution in [0.3, 0.4) is 0 Å². The number of fused-ring (bicyclic) bond motifs is 1. The number of benzene rings is 1. The monoisotopic (exact) mass is 333 g/mol. The number of hydrogen-bond donors (Lipinski definition) is 0. The second-order valence-corrected chi connectivity index (χ2v) is 7.65. The highest BCUT2D eigenvalue weighted by atomic mass is 32.2. The van der Waals surface area contributed by atoms with Crippen molar-refractivity contribution in [2.24, 2.45) is 0 Å². The van der Waals surface area contributed by atoms with E-state index >= 15 is 0 Å². The summed E-state index contributed by atoms with van der Waals surface area (Å²) in [5.74, 6) is 0. The van der Waals surface area contributed by atoms with Crippen LogP contribution < -0.4 is 0 Å². The third-order valence-electron chi connectivity index (χ3n) is 4.63. The van der Waals surface area contributed by atoms with E-state index < -0.39 is 0 Å². The van der Waals surface area contributed by atoms with Crippen molar-refractivity contribution in [2.75, 3.05) is 13.1 Å². The Morgan fingerprint density at radius 2 is 1.91 bits per heavy atom. The van der Waals surface area contributed by atoms with Gasteiger partial charge in [-0.3, -0.25) is 4.79 Å². The van der Waals surface area contributed by atoms with E-state index in [1.807, 2.05) is 0 Å². The molecule has 1 aliphatic carbocycles. The zero-order chi connectivity index (χ0) is 16.7. The first-order valence-corrected chi connectivity index (χ1v) is 10.1. The van der Waals surface area contributed by atoms with Crippen LogP contribution in [0, 0.1) is 0 Å². The Morgan fingerprint density at radius 3 is 2.57 bits per heavy atom. The first kappa shape index (κ1) is 18.5. The molecule has 0 saturated carbocycles. The highest BCUT2D eigenvalue weighted by molar-refractivity contribution is 8.13. The van der Waals surface area contributed by atoms with E-state index in [2.05, 4.69) is 43.9 Å². The summed E-state index contributed by atoms with van der Waals surface area (Å²) in [6.07, 6.45) is 7.56. The third kappa shape index (κ3) is 5.09. The molecule has 0 bridgehead atoms. The van der Waals surface area contributed by atoms with Gasteiger partial charge in [0.1, 0.15) is 0 Å². The molecule has 0 saturated heterocycles. The SMILES string of the molecule is CCCC(=O)Sc1cccc2c1C[C@H](N(CCC)CCC)CC2. The molecular weight excluding hydrogens is 302 g/mol. The van der Waals surface area contributed by atoms with Crippen LogP contribution in [0.25, 0.3) is 0 Å². The van der Waals surface area contributed by atoms with Crippen LogP contribution in [0.15, 0.2) is 23.1 Å². The Hall–Kier alpha value is -0.800. The third-order valence-corrected chi connectivity index (χ3v) is 5.67. The molecule has 0 spiro atoms. The minimum Gasteiger partial charge on any atom is -0.300 e. The Balaban J connectivity index is 2.15. The summed E-state index contributed by atoms with van der Waals surface area (Å²) >= 11 is 1.47. The van der Waals surface area contributed by atoms with Crippen molar-refractivity contribution in [2.45, 2.75) is 76.7 Å². The molecule has 0 fully saturated rings. The highest BCUT2D eigenvalue weighted by Gasteiger charge is 2.25. The number of rotatable bonds is 8. The number of thioether (sulfide) groups is 1. The fourth-order valence-electron chi connectivity index (χ4n) is 3.57. The first-order chi connectivity index (χ1) is 11.2. The minimum atomic E-state index is 0.307. The van der Waals surface area contributed by atoms with Crippen LogP contribution in [0.1, 0.15) is 64.0 Å². The molecule has 0 unspecified atom stereocenters. The number of nitrogens with zero attached hydrogens (tertiary/aromatic N) is 1. The van der Waals surface area contributed by atoms with Gasteiger partial charge < -0.3 is 4.90 Å². The molecule has 23 heavy (non-hydrogen) atoms. The summed E-state index contributed by atoms with van der Waals surface area (Å²) in [5, 5.41) is 0.307. The molecule has 128 valence electrons. The zero-order valence-electron chi connectivity index (χ0n) is 14.9. The largest absolute Gasteiger partial charge is 0.300 e. The fourth-order valence-corrected chi connectivity index (χ4v) is 4.61. The Morgan fingerprint density at radius 1 is 1.17 bits per heavy atom. The molecule has 0 amide bonds. The summed E-state index contributed by atoms with van der Waals surface area (Å²) in [7, 11) is 0. The predicted molar refractivity (Wildman–Crippen MR) is 100 cm³/mol. The highest BCUT2D eigenvalue weighted by Crippen LogP contribution is 2.33. The van der Waals surface area contributed by atoms with Crippen molar-refractivity contribution in [3.05, 3.63) is 29.3 Å². The van der Waals surface area contributed by atoms with E-state index in [-0.39, 0.29) is 0 Å². The molecule has 1 atom stereocenters. The lowest BCUT2D eigenvalue weighted by atomic mass is 9.87. The molecule has 0 aliphatic heterocycles. The van der Waals surface area contributed by atoms with E-state index in [0.717, 1.165) is 19.3 Å². The Bertz CT molecular complexity index is 508. The molecule has 1 aromatic carbocycles. The van der Waals surface area contributed by atoms with E-state index in [1.54, 1.807) is 0 Å². The average Bonchev–Trinajstić information content (AvgIpc) is 2.55. The zero-order valence-corrected chi connectivity index (χ0v) is 15.8. The van der Waals surface area contributed by atoms with Crippen LogP contribution in [-0.2, 0) is 17.6 Å². The number of aryl methyl sites for hydroxylation is 1. The summed E-state index contributed by atoms with van der Waals surface area (Å²) in [5.41, 5.74) is 2.90. The molecule has 0 aromatic heterocycles. The van der Waals surface area contributed by atoms with Crippen molar-refractivity contribution < 1.29 is 4.79 Å². The van der Waals surface area contributed by atoms with Crippen LogP contribution in [0.4, 0.5) is 0 Å². The number of carbonyl (C=O) groups excluding carboxylic acids is 1. The Labute approximate surface area is 146 Å². The lowest BCUT2D eigenvalue weighted by molar-refractivity contribution is -0.111. The molecule has 0 heterocycles. The lowest BCUT2D eigenvalue weighted by Gasteiger charge is -2.35. The predicted octanol–water partition coefficient (Wildman–Crippen LogP) is 5.08. The van der Waals surface area contributed by atoms with Gasteiger partial charge in [0.05, 0.1) is 0 Å². The van der Waals surface area contributed by atoms with E-state index in [9.17, 15) is 4.79 Å². The van der Waals surface area contributed by atoms with Gasteiger partial charge in [0, 0.05) is 17.4 Å². The van der Waals surface area contributed by atoms with Gasteiger partial charge in [-0.1, -0.05) is 44.7 Å². The van der Waals surface area contributed by atoms with Gasteiger partial charge in [-0.15, -0.1) is 0 Å². The van der Waals surface area contributed by atoms with Gasteiger partial charge in [0.25, 0.3) is 0 Å². The number of hydrogen-bond acceptors (Lipinski definition) is 3. The van der Waals surface area contributed by atoms with Gasteiger partial charge in [-0.25, -0.2) is 0 Å². The maximum absolute atomic E-state index is 12.1. The molecule has 2 nitrogen and oxygen atoms in total. The molecule has 2 rings (SSSR count). The fraction of sp³-hybridized carbons (Fsp3) is 0.650. The van der Waals surface area contributed by atoms with Gasteiger partial charge in [-0.05, 0) is 68.8 Å². The van der Waals surface area contributed by atoms with Gasteiger partial charge in [0.2, 0.25) is 0 Å². The van der Waals surface area contributed by atoms with E-state index in [1.165, 1.54) is 60.1 Å². The Kier molecular flexibility index (Phi) is 7.64. The van der Waals surface area contributed by atoms with E-state index in [4.69, 9.17) is 0 Å². The van der Waals surface area contributed by atoms with Gasteiger partial charge in [0.15, 0.2) is 5.12 Å². The molecule has 3 heteroatoms. The molecule has 0 radical (unpaired) electrons. The van der Waals surface area contributed by atoms with Crippen LogP contribution in [0.5, 0.6) is 0 Å². The van der Waals surface area contributed by atoms with Crippen molar-refractivity contribution in [1.29, 1.82) is 0 Å². The summed E-state index contributed by atoms with van der Waals surface area (Å²) in [6, 6.07) is 7.16. The van der Waals surface area contributed by atoms with Gasteiger partial charge in [-0.2, -0.15) is 0 Å². The van der Waals surface area contributed by atoms with Crippen LogP contribution in [0.2, 0.25) is 0 Å². The molecule has 0 N–H and O–H groups in total. The second-order valence-electron chi connectivity index (χ2n) is 6.55. The van der Waals surface area contributed by atoms with Crippen molar-refractivity contribution in [3.8, 4) is 0 Å². The average molecular weight is 334 g/mol. The smallest absolute Gasteiger partial charge is 0.193 e. The van der Waals surface area contributed by atoms with Crippen molar-refractivity contribution in [3.63, 3.8) is 0 Å². The summed E-state index contributed by atoms with van der Waals surface area (Å²) < 4.78 is 0. The van der Waals surface area contributed by atoms with E-state index in [0.29, 0.717) is 17.6 Å². The maximum atomic E-state index is 12.1. The van der Waals surface area contributed by atoms with Crippen molar-refractivity contribution in [1.82, 2.24) is 4.90 Å². The quantitative estimate of drug-likeness (QED) is 0.618. The van der Waals surface area contributed by atoms with Crippen LogP contribution >= 0.6 is 11.8 Å².